The van der Waals surface area contributed by atoms with Crippen molar-refractivity contribution >= 4 is 5.97 Å². The lowest BCUT2D eigenvalue weighted by Gasteiger charge is -2.11. The quantitative estimate of drug-likeness (QED) is 0.896. The van der Waals surface area contributed by atoms with E-state index in [9.17, 15) is 4.79 Å². The minimum absolute atomic E-state index is 0.263. The van der Waals surface area contributed by atoms with Crippen LogP contribution in [-0.4, -0.2) is 20.6 Å². The topological polar surface area (TPSA) is 67.2 Å². The Morgan fingerprint density at radius 1 is 1.45 bits per heavy atom. The van der Waals surface area contributed by atoms with Crippen molar-refractivity contribution in [1.29, 1.82) is 0 Å². The number of aromatic nitrogens is 2. The molecule has 0 saturated carbocycles. The molecule has 1 aliphatic rings. The molecular formula is C15H17N3O2. The van der Waals surface area contributed by atoms with E-state index in [1.54, 1.807) is 12.1 Å². The molecule has 2 heterocycles. The molecule has 0 amide bonds. The van der Waals surface area contributed by atoms with Crippen molar-refractivity contribution < 1.29 is 9.90 Å². The molecule has 5 nitrogen and oxygen atoms in total. The molecule has 0 aliphatic carbocycles. The van der Waals surface area contributed by atoms with Crippen molar-refractivity contribution in [3.63, 3.8) is 0 Å². The number of carboxylic acids is 1. The van der Waals surface area contributed by atoms with Gasteiger partial charge in [0.25, 0.3) is 0 Å². The van der Waals surface area contributed by atoms with E-state index in [1.165, 1.54) is 0 Å². The van der Waals surface area contributed by atoms with Gasteiger partial charge in [0.2, 0.25) is 0 Å². The number of hydrogen-bond acceptors (Lipinski definition) is 3. The number of fused-ring (bicyclic) bond motifs is 1. The van der Waals surface area contributed by atoms with Gasteiger partial charge in [-0.3, -0.25) is 0 Å². The van der Waals surface area contributed by atoms with Crippen molar-refractivity contribution in [3.05, 3.63) is 53.6 Å². The van der Waals surface area contributed by atoms with Crippen molar-refractivity contribution in [2.24, 2.45) is 0 Å². The van der Waals surface area contributed by atoms with Gasteiger partial charge in [-0.05, 0) is 31.0 Å². The van der Waals surface area contributed by atoms with Gasteiger partial charge in [0, 0.05) is 25.0 Å². The van der Waals surface area contributed by atoms with E-state index in [0.29, 0.717) is 18.2 Å². The first-order valence-corrected chi connectivity index (χ1v) is 6.73. The first-order valence-electron chi connectivity index (χ1n) is 6.73. The van der Waals surface area contributed by atoms with Gasteiger partial charge in [0.1, 0.15) is 5.82 Å². The summed E-state index contributed by atoms with van der Waals surface area (Å²) in [6, 6.07) is 7.70. The molecule has 104 valence electrons. The summed E-state index contributed by atoms with van der Waals surface area (Å²) in [5.41, 5.74) is 1.39. The first-order chi connectivity index (χ1) is 9.65. The number of rotatable bonds is 4. The molecule has 20 heavy (non-hydrogen) atoms. The van der Waals surface area contributed by atoms with Crippen molar-refractivity contribution in [2.45, 2.75) is 32.0 Å². The maximum absolute atomic E-state index is 10.8. The molecule has 0 saturated heterocycles. The Balaban J connectivity index is 1.65. The fraction of sp³-hybridized carbons (Fsp3) is 0.333. The van der Waals surface area contributed by atoms with E-state index < -0.39 is 5.97 Å². The van der Waals surface area contributed by atoms with Crippen LogP contribution in [0.5, 0.6) is 0 Å². The van der Waals surface area contributed by atoms with Gasteiger partial charge < -0.3 is 15.0 Å². The second kappa shape index (κ2) is 5.09. The molecule has 0 fully saturated rings. The number of carboxylic acid groups (broad SMARTS) is 1. The third-order valence-corrected chi connectivity index (χ3v) is 3.82. The van der Waals surface area contributed by atoms with E-state index >= 15 is 0 Å². The molecule has 2 aromatic rings. The fourth-order valence-electron chi connectivity index (χ4n) is 2.71. The van der Waals surface area contributed by atoms with Gasteiger partial charge >= 0.3 is 5.97 Å². The molecule has 1 aliphatic heterocycles. The molecule has 3 rings (SSSR count). The molecule has 1 aromatic carbocycles. The summed E-state index contributed by atoms with van der Waals surface area (Å²) in [5, 5.41) is 12.4. The Bertz CT molecular complexity index is 618. The highest BCUT2D eigenvalue weighted by Crippen LogP contribution is 2.32. The zero-order valence-electron chi connectivity index (χ0n) is 11.3. The monoisotopic (exact) mass is 271 g/mol. The maximum Gasteiger partial charge on any atom is 0.335 e. The van der Waals surface area contributed by atoms with Crippen LogP contribution in [0.25, 0.3) is 0 Å². The lowest BCUT2D eigenvalue weighted by atomic mass is 10.1. The van der Waals surface area contributed by atoms with Gasteiger partial charge in [-0.15, -0.1) is 0 Å². The van der Waals surface area contributed by atoms with Crippen LogP contribution in [-0.2, 0) is 6.54 Å². The lowest BCUT2D eigenvalue weighted by molar-refractivity contribution is 0.0697. The second-order valence-electron chi connectivity index (χ2n) is 5.21. The molecule has 2 atom stereocenters. The summed E-state index contributed by atoms with van der Waals surface area (Å²) in [6.45, 7) is 2.90. The van der Waals surface area contributed by atoms with Crippen LogP contribution in [0.2, 0.25) is 0 Å². The maximum atomic E-state index is 10.8. The fourth-order valence-corrected chi connectivity index (χ4v) is 2.71. The van der Waals surface area contributed by atoms with Crippen LogP contribution in [0.4, 0.5) is 0 Å². The summed E-state index contributed by atoms with van der Waals surface area (Å²) in [6.07, 6.45) is 4.89. The van der Waals surface area contributed by atoms with Gasteiger partial charge in [-0.2, -0.15) is 0 Å². The Morgan fingerprint density at radius 3 is 2.90 bits per heavy atom. The third-order valence-electron chi connectivity index (χ3n) is 3.82. The number of benzene rings is 1. The molecule has 0 radical (unpaired) electrons. The number of nitrogens with one attached hydrogen (secondary N) is 1. The van der Waals surface area contributed by atoms with E-state index in [0.717, 1.165) is 17.8 Å². The molecule has 2 N–H and O–H groups in total. The predicted octanol–water partition coefficient (Wildman–Crippen LogP) is 2.38. The summed E-state index contributed by atoms with van der Waals surface area (Å²) < 4.78 is 2.20. The van der Waals surface area contributed by atoms with E-state index in [-0.39, 0.29) is 6.04 Å². The number of nitrogens with zero attached hydrogens (tertiary/aromatic N) is 2. The highest BCUT2D eigenvalue weighted by atomic mass is 16.4. The predicted molar refractivity (Wildman–Crippen MR) is 74.5 cm³/mol. The molecule has 2 unspecified atom stereocenters. The third kappa shape index (κ3) is 2.32. The van der Waals surface area contributed by atoms with Gasteiger partial charge in [-0.25, -0.2) is 9.78 Å². The summed E-state index contributed by atoms with van der Waals surface area (Å²) >= 11 is 0. The van der Waals surface area contributed by atoms with Crippen LogP contribution in [0.3, 0.4) is 0 Å². The van der Waals surface area contributed by atoms with Crippen LogP contribution in [0, 0.1) is 0 Å². The zero-order chi connectivity index (χ0) is 14.1. The Labute approximate surface area is 117 Å². The minimum Gasteiger partial charge on any atom is -0.478 e. The Kier molecular flexibility index (Phi) is 3.28. The zero-order valence-corrected chi connectivity index (χ0v) is 11.3. The van der Waals surface area contributed by atoms with Crippen molar-refractivity contribution in [1.82, 2.24) is 14.9 Å². The lowest BCUT2D eigenvalue weighted by Crippen LogP contribution is -2.19. The SMILES string of the molecule is CC1CC(NCc2ccc(C(=O)O)cc2)c2nccn21. The van der Waals surface area contributed by atoms with E-state index in [2.05, 4.69) is 21.8 Å². The summed E-state index contributed by atoms with van der Waals surface area (Å²) in [5.74, 6) is 0.191. The van der Waals surface area contributed by atoms with Crippen LogP contribution < -0.4 is 5.32 Å². The van der Waals surface area contributed by atoms with Gasteiger partial charge in [0.05, 0.1) is 11.6 Å². The Hall–Kier alpha value is -2.14. The molecule has 0 spiro atoms. The summed E-state index contributed by atoms with van der Waals surface area (Å²) in [4.78, 5) is 15.2. The van der Waals surface area contributed by atoms with E-state index in [4.69, 9.17) is 5.11 Å². The average Bonchev–Trinajstić information content (AvgIpc) is 3.02. The van der Waals surface area contributed by atoms with Crippen LogP contribution in [0.15, 0.2) is 36.7 Å². The number of imidazole rings is 1. The molecule has 5 heteroatoms. The number of aromatic carboxylic acids is 1. The second-order valence-corrected chi connectivity index (χ2v) is 5.21. The molecule has 1 aromatic heterocycles. The van der Waals surface area contributed by atoms with Crippen molar-refractivity contribution in [2.75, 3.05) is 0 Å². The highest BCUT2D eigenvalue weighted by molar-refractivity contribution is 5.87. The average molecular weight is 271 g/mol. The normalized spacial score (nSPS) is 20.9. The molecule has 0 bridgehead atoms. The van der Waals surface area contributed by atoms with Crippen LogP contribution in [0.1, 0.15) is 47.2 Å². The first kappa shape index (κ1) is 12.9. The van der Waals surface area contributed by atoms with Crippen molar-refractivity contribution in [3.8, 4) is 0 Å². The van der Waals surface area contributed by atoms with E-state index in [1.807, 2.05) is 24.5 Å². The number of carbonyl (C=O) groups is 1. The highest BCUT2D eigenvalue weighted by Gasteiger charge is 2.28. The molecular weight excluding hydrogens is 254 g/mol. The van der Waals surface area contributed by atoms with Crippen LogP contribution >= 0.6 is 0 Å². The van der Waals surface area contributed by atoms with Gasteiger partial charge in [0.15, 0.2) is 0 Å². The standard InChI is InChI=1S/C15H17N3O2/c1-10-8-13(14-16-6-7-18(10)14)17-9-11-2-4-12(5-3-11)15(19)20/h2-7,10,13,17H,8-9H2,1H3,(H,19,20). The largest absolute Gasteiger partial charge is 0.478 e. The van der Waals surface area contributed by atoms with Gasteiger partial charge in [-0.1, -0.05) is 12.1 Å². The minimum atomic E-state index is -0.892. The number of hydrogen-bond donors (Lipinski definition) is 2. The summed E-state index contributed by atoms with van der Waals surface area (Å²) in [7, 11) is 0. The smallest absolute Gasteiger partial charge is 0.335 e. The Morgan fingerprint density at radius 2 is 2.20 bits per heavy atom.